The Morgan fingerprint density at radius 1 is 1.28 bits per heavy atom. The molecule has 1 aliphatic rings. The summed E-state index contributed by atoms with van der Waals surface area (Å²) in [5.41, 5.74) is 1.70. The first kappa shape index (κ1) is 19.2. The van der Waals surface area contributed by atoms with Crippen molar-refractivity contribution in [2.45, 2.75) is 45.8 Å². The number of methoxy groups -OCH3 is 1. The quantitative estimate of drug-likeness (QED) is 0.796. The fourth-order valence-electron chi connectivity index (χ4n) is 2.97. The predicted octanol–water partition coefficient (Wildman–Crippen LogP) is 2.99. The number of hydrogen-bond acceptors (Lipinski definition) is 3. The smallest absolute Gasteiger partial charge is 0.318 e. The molecule has 3 amide bonds. The van der Waals surface area contributed by atoms with Gasteiger partial charge in [-0.15, -0.1) is 0 Å². The van der Waals surface area contributed by atoms with Crippen LogP contribution in [0.2, 0.25) is 0 Å². The maximum absolute atomic E-state index is 12.8. The van der Waals surface area contributed by atoms with Gasteiger partial charge in [-0.25, -0.2) is 4.79 Å². The zero-order chi connectivity index (χ0) is 18.2. The number of ether oxygens (including phenoxy) is 1. The van der Waals surface area contributed by atoms with Gasteiger partial charge in [-0.1, -0.05) is 32.4 Å². The molecule has 1 aromatic carbocycles. The molecule has 0 aromatic heterocycles. The fraction of sp³-hybridized carbons (Fsp3) is 0.579. The summed E-state index contributed by atoms with van der Waals surface area (Å²) in [6, 6.07) is 6.85. The number of likely N-dealkylation sites (tertiary alicyclic amines) is 1. The molecule has 1 aromatic rings. The number of amides is 3. The summed E-state index contributed by atoms with van der Waals surface area (Å²) in [5, 5.41) is 5.84. The molecule has 0 radical (unpaired) electrons. The third-order valence-corrected chi connectivity index (χ3v) is 4.67. The molecule has 6 nitrogen and oxygen atoms in total. The van der Waals surface area contributed by atoms with Crippen LogP contribution in [0.3, 0.4) is 0 Å². The van der Waals surface area contributed by atoms with Gasteiger partial charge < -0.3 is 20.3 Å². The Labute approximate surface area is 149 Å². The van der Waals surface area contributed by atoms with E-state index in [2.05, 4.69) is 10.6 Å². The maximum Gasteiger partial charge on any atom is 0.318 e. The summed E-state index contributed by atoms with van der Waals surface area (Å²) in [5.74, 6) is -0.134. The van der Waals surface area contributed by atoms with Crippen molar-refractivity contribution in [2.24, 2.45) is 5.92 Å². The van der Waals surface area contributed by atoms with Crippen LogP contribution in [0, 0.1) is 5.92 Å². The predicted molar refractivity (Wildman–Crippen MR) is 98.4 cm³/mol. The highest BCUT2D eigenvalue weighted by atomic mass is 16.5. The van der Waals surface area contributed by atoms with Crippen molar-refractivity contribution in [2.75, 3.05) is 25.5 Å². The van der Waals surface area contributed by atoms with E-state index in [1.54, 1.807) is 12.0 Å². The molecule has 1 unspecified atom stereocenters. The lowest BCUT2D eigenvalue weighted by Gasteiger charge is -2.26. The molecule has 0 aliphatic carbocycles. The molecular formula is C19H29N3O3. The average Bonchev–Trinajstić information content (AvgIpc) is 3.14. The molecule has 0 spiro atoms. The Balaban J connectivity index is 2.04. The molecule has 6 heteroatoms. The standard InChI is InChI=1S/C19H29N3O3/c1-4-14(2)17(21-19(24)22-10-5-6-11-22)18(23)20-16-9-7-8-15(12-16)13-25-3/h7-9,12,14,17H,4-6,10-11,13H2,1-3H3,(H,20,23)(H,21,24)/t14?,17-/m1/s1. The van der Waals surface area contributed by atoms with Crippen LogP contribution >= 0.6 is 0 Å². The van der Waals surface area contributed by atoms with Gasteiger partial charge in [0, 0.05) is 25.9 Å². The number of urea groups is 1. The summed E-state index contributed by atoms with van der Waals surface area (Å²) in [7, 11) is 1.64. The number of hydrogen-bond donors (Lipinski definition) is 2. The van der Waals surface area contributed by atoms with Gasteiger partial charge in [-0.3, -0.25) is 4.79 Å². The minimum atomic E-state index is -0.552. The van der Waals surface area contributed by atoms with Crippen molar-refractivity contribution >= 4 is 17.6 Å². The third-order valence-electron chi connectivity index (χ3n) is 4.67. The zero-order valence-corrected chi connectivity index (χ0v) is 15.4. The molecule has 1 fully saturated rings. The van der Waals surface area contributed by atoms with Gasteiger partial charge in [0.25, 0.3) is 0 Å². The Morgan fingerprint density at radius 2 is 2.00 bits per heavy atom. The lowest BCUT2D eigenvalue weighted by molar-refractivity contribution is -0.119. The van der Waals surface area contributed by atoms with Crippen LogP contribution in [0.25, 0.3) is 0 Å². The zero-order valence-electron chi connectivity index (χ0n) is 15.4. The molecular weight excluding hydrogens is 318 g/mol. The van der Waals surface area contributed by atoms with Crippen LogP contribution in [0.5, 0.6) is 0 Å². The van der Waals surface area contributed by atoms with E-state index in [0.29, 0.717) is 12.3 Å². The van der Waals surface area contributed by atoms with Crippen molar-refractivity contribution in [3.63, 3.8) is 0 Å². The fourth-order valence-corrected chi connectivity index (χ4v) is 2.97. The van der Waals surface area contributed by atoms with E-state index >= 15 is 0 Å². The number of carbonyl (C=O) groups excluding carboxylic acids is 2. The summed E-state index contributed by atoms with van der Waals surface area (Å²) >= 11 is 0. The second-order valence-electron chi connectivity index (χ2n) is 6.63. The van der Waals surface area contributed by atoms with Crippen molar-refractivity contribution in [1.82, 2.24) is 10.2 Å². The highest BCUT2D eigenvalue weighted by Crippen LogP contribution is 2.16. The van der Waals surface area contributed by atoms with Gasteiger partial charge in [-0.2, -0.15) is 0 Å². The minimum absolute atomic E-state index is 0.0497. The van der Waals surface area contributed by atoms with Crippen LogP contribution in [0.1, 0.15) is 38.7 Å². The van der Waals surface area contributed by atoms with Crippen molar-refractivity contribution < 1.29 is 14.3 Å². The summed E-state index contributed by atoms with van der Waals surface area (Å²) in [6.45, 7) is 6.02. The average molecular weight is 347 g/mol. The van der Waals surface area contributed by atoms with Crippen LogP contribution in [-0.4, -0.2) is 43.1 Å². The minimum Gasteiger partial charge on any atom is -0.380 e. The van der Waals surface area contributed by atoms with Gasteiger partial charge in [-0.05, 0) is 36.5 Å². The number of nitrogens with one attached hydrogen (secondary N) is 2. The van der Waals surface area contributed by atoms with E-state index in [4.69, 9.17) is 4.74 Å². The van der Waals surface area contributed by atoms with Crippen LogP contribution in [0.4, 0.5) is 10.5 Å². The number of rotatable bonds is 7. The second-order valence-corrected chi connectivity index (χ2v) is 6.63. The Morgan fingerprint density at radius 3 is 2.64 bits per heavy atom. The second kappa shape index (κ2) is 9.42. The lowest BCUT2D eigenvalue weighted by atomic mass is 9.98. The van der Waals surface area contributed by atoms with E-state index in [0.717, 1.165) is 37.9 Å². The molecule has 1 heterocycles. The first-order chi connectivity index (χ1) is 12.0. The highest BCUT2D eigenvalue weighted by molar-refractivity contribution is 5.97. The number of benzene rings is 1. The molecule has 0 saturated carbocycles. The van der Waals surface area contributed by atoms with Gasteiger partial charge in [0.2, 0.25) is 5.91 Å². The largest absolute Gasteiger partial charge is 0.380 e. The maximum atomic E-state index is 12.8. The van der Waals surface area contributed by atoms with E-state index in [1.165, 1.54) is 0 Å². The molecule has 25 heavy (non-hydrogen) atoms. The van der Waals surface area contributed by atoms with E-state index < -0.39 is 6.04 Å². The molecule has 1 saturated heterocycles. The number of carbonyl (C=O) groups is 2. The molecule has 2 atom stereocenters. The van der Waals surface area contributed by atoms with Crippen molar-refractivity contribution in [1.29, 1.82) is 0 Å². The topological polar surface area (TPSA) is 70.7 Å². The van der Waals surface area contributed by atoms with Crippen molar-refractivity contribution in [3.05, 3.63) is 29.8 Å². The molecule has 2 N–H and O–H groups in total. The first-order valence-electron chi connectivity index (χ1n) is 8.99. The van der Waals surface area contributed by atoms with Gasteiger partial charge in [0.15, 0.2) is 0 Å². The summed E-state index contributed by atoms with van der Waals surface area (Å²) in [4.78, 5) is 26.9. The number of nitrogens with zero attached hydrogens (tertiary/aromatic N) is 1. The normalized spacial score (nSPS) is 16.4. The molecule has 2 rings (SSSR count). The molecule has 138 valence electrons. The lowest BCUT2D eigenvalue weighted by Crippen LogP contribution is -2.51. The van der Waals surface area contributed by atoms with Gasteiger partial charge >= 0.3 is 6.03 Å². The third kappa shape index (κ3) is 5.46. The van der Waals surface area contributed by atoms with Gasteiger partial charge in [0.1, 0.15) is 6.04 Å². The summed E-state index contributed by atoms with van der Waals surface area (Å²) in [6.07, 6.45) is 2.86. The van der Waals surface area contributed by atoms with Crippen molar-refractivity contribution in [3.8, 4) is 0 Å². The molecule has 1 aliphatic heterocycles. The van der Waals surface area contributed by atoms with Crippen LogP contribution < -0.4 is 10.6 Å². The van der Waals surface area contributed by atoms with E-state index in [-0.39, 0.29) is 17.9 Å². The van der Waals surface area contributed by atoms with E-state index in [1.807, 2.05) is 38.1 Å². The Hall–Kier alpha value is -2.08. The SMILES string of the molecule is CCC(C)[C@@H](NC(=O)N1CCCC1)C(=O)Nc1cccc(COC)c1. The Bertz CT molecular complexity index is 585. The number of anilines is 1. The van der Waals surface area contributed by atoms with E-state index in [9.17, 15) is 9.59 Å². The first-order valence-corrected chi connectivity index (χ1v) is 8.99. The van der Waals surface area contributed by atoms with Crippen LogP contribution in [-0.2, 0) is 16.1 Å². The molecule has 0 bridgehead atoms. The summed E-state index contributed by atoms with van der Waals surface area (Å²) < 4.78 is 5.13. The monoisotopic (exact) mass is 347 g/mol. The Kier molecular flexibility index (Phi) is 7.25. The van der Waals surface area contributed by atoms with Gasteiger partial charge in [0.05, 0.1) is 6.61 Å². The highest BCUT2D eigenvalue weighted by Gasteiger charge is 2.28. The van der Waals surface area contributed by atoms with Crippen LogP contribution in [0.15, 0.2) is 24.3 Å².